The number of hydrogen-bond acceptors (Lipinski definition) is 4. The third kappa shape index (κ3) is 2.56. The van der Waals surface area contributed by atoms with E-state index in [1.165, 1.54) is 26.2 Å². The van der Waals surface area contributed by atoms with Crippen LogP contribution in [-0.4, -0.2) is 67.5 Å². The maximum absolute atomic E-state index is 4.12. The highest BCUT2D eigenvalue weighted by Gasteiger charge is 2.15. The molecular weight excluding hydrogens is 176 g/mol. The zero-order chi connectivity index (χ0) is 9.80. The molecule has 14 heavy (non-hydrogen) atoms. The lowest BCUT2D eigenvalue weighted by atomic mass is 10.3. The highest BCUT2D eigenvalue weighted by molar-refractivity contribution is 5.57. The van der Waals surface area contributed by atoms with Crippen LogP contribution in [0.15, 0.2) is 17.3 Å². The van der Waals surface area contributed by atoms with Gasteiger partial charge in [-0.3, -0.25) is 4.90 Å². The first kappa shape index (κ1) is 9.68. The standard InChI is InChI=1S/C10H18N4/c1-12-5-7-13(8-6-12)10-14-4-2-3-11-9-14/h2-3,9H,4-8,10H2,1H3. The predicted octanol–water partition coefficient (Wildman–Crippen LogP) is 0.0489. The molecule has 2 aliphatic heterocycles. The Balaban J connectivity index is 1.75. The van der Waals surface area contributed by atoms with Gasteiger partial charge in [-0.05, 0) is 13.1 Å². The molecule has 0 radical (unpaired) electrons. The van der Waals surface area contributed by atoms with Crippen molar-refractivity contribution in [1.29, 1.82) is 0 Å². The van der Waals surface area contributed by atoms with Gasteiger partial charge in [0, 0.05) is 38.9 Å². The van der Waals surface area contributed by atoms with Crippen molar-refractivity contribution in [2.45, 2.75) is 0 Å². The van der Waals surface area contributed by atoms with Crippen LogP contribution in [0.4, 0.5) is 0 Å². The summed E-state index contributed by atoms with van der Waals surface area (Å²) >= 11 is 0. The lowest BCUT2D eigenvalue weighted by Gasteiger charge is -2.35. The van der Waals surface area contributed by atoms with Crippen LogP contribution in [0.3, 0.4) is 0 Å². The molecule has 0 amide bonds. The molecule has 1 saturated heterocycles. The smallest absolute Gasteiger partial charge is 0.0918 e. The summed E-state index contributed by atoms with van der Waals surface area (Å²) in [5.74, 6) is 0. The van der Waals surface area contributed by atoms with E-state index in [0.717, 1.165) is 13.2 Å². The molecule has 0 spiro atoms. The average molecular weight is 194 g/mol. The normalized spacial score (nSPS) is 24.5. The van der Waals surface area contributed by atoms with Crippen molar-refractivity contribution in [2.24, 2.45) is 4.99 Å². The van der Waals surface area contributed by atoms with Gasteiger partial charge in [-0.15, -0.1) is 0 Å². The first-order valence-electron chi connectivity index (χ1n) is 5.18. The highest BCUT2D eigenvalue weighted by Crippen LogP contribution is 2.01. The summed E-state index contributed by atoms with van der Waals surface area (Å²) in [5, 5.41) is 0. The molecule has 4 nitrogen and oxygen atoms in total. The maximum atomic E-state index is 4.12. The van der Waals surface area contributed by atoms with Gasteiger partial charge < -0.3 is 9.80 Å². The van der Waals surface area contributed by atoms with Gasteiger partial charge >= 0.3 is 0 Å². The summed E-state index contributed by atoms with van der Waals surface area (Å²) in [7, 11) is 2.18. The van der Waals surface area contributed by atoms with Gasteiger partial charge in [0.05, 0.1) is 13.0 Å². The Hall–Kier alpha value is -0.870. The minimum Gasteiger partial charge on any atom is -0.346 e. The molecule has 0 N–H and O–H groups in total. The molecule has 0 aromatic carbocycles. The van der Waals surface area contributed by atoms with Gasteiger partial charge in [-0.2, -0.15) is 0 Å². The van der Waals surface area contributed by atoms with E-state index in [1.807, 2.05) is 12.5 Å². The quantitative estimate of drug-likeness (QED) is 0.620. The van der Waals surface area contributed by atoms with Crippen molar-refractivity contribution < 1.29 is 0 Å². The second kappa shape index (κ2) is 4.57. The Bertz CT molecular complexity index is 228. The number of rotatable bonds is 2. The van der Waals surface area contributed by atoms with E-state index in [9.17, 15) is 0 Å². The fraction of sp³-hybridized carbons (Fsp3) is 0.700. The monoisotopic (exact) mass is 194 g/mol. The predicted molar refractivity (Wildman–Crippen MR) is 58.3 cm³/mol. The third-order valence-corrected chi connectivity index (χ3v) is 2.74. The van der Waals surface area contributed by atoms with E-state index in [0.29, 0.717) is 0 Å². The van der Waals surface area contributed by atoms with Crippen LogP contribution < -0.4 is 0 Å². The fourth-order valence-electron chi connectivity index (χ4n) is 1.76. The maximum Gasteiger partial charge on any atom is 0.0918 e. The first-order chi connectivity index (χ1) is 6.84. The Morgan fingerprint density at radius 1 is 1.21 bits per heavy atom. The second-order valence-corrected chi connectivity index (χ2v) is 3.98. The molecule has 0 aliphatic carbocycles. The lowest BCUT2D eigenvalue weighted by molar-refractivity contribution is 0.118. The molecule has 0 atom stereocenters. The van der Waals surface area contributed by atoms with Crippen LogP contribution in [0.25, 0.3) is 0 Å². The van der Waals surface area contributed by atoms with Crippen LogP contribution in [0.5, 0.6) is 0 Å². The minimum absolute atomic E-state index is 0.996. The van der Waals surface area contributed by atoms with E-state index in [-0.39, 0.29) is 0 Å². The summed E-state index contributed by atoms with van der Waals surface area (Å²) in [6.07, 6.45) is 5.88. The summed E-state index contributed by atoms with van der Waals surface area (Å²) in [6.45, 7) is 6.72. The van der Waals surface area contributed by atoms with Gasteiger partial charge in [-0.25, -0.2) is 4.99 Å². The molecule has 0 aromatic rings. The summed E-state index contributed by atoms with van der Waals surface area (Å²) in [4.78, 5) is 11.2. The molecule has 0 unspecified atom stereocenters. The van der Waals surface area contributed by atoms with E-state index in [1.54, 1.807) is 0 Å². The highest BCUT2D eigenvalue weighted by atomic mass is 15.3. The summed E-state index contributed by atoms with van der Waals surface area (Å²) in [6, 6.07) is 0. The van der Waals surface area contributed by atoms with E-state index in [4.69, 9.17) is 0 Å². The topological polar surface area (TPSA) is 22.1 Å². The number of nitrogens with zero attached hydrogens (tertiary/aromatic N) is 4. The van der Waals surface area contributed by atoms with Crippen molar-refractivity contribution >= 4 is 6.34 Å². The number of piperazine rings is 1. The lowest BCUT2D eigenvalue weighted by Crippen LogP contribution is -2.48. The summed E-state index contributed by atoms with van der Waals surface area (Å²) < 4.78 is 0. The van der Waals surface area contributed by atoms with Gasteiger partial charge in [0.2, 0.25) is 0 Å². The molecule has 4 heteroatoms. The molecule has 2 heterocycles. The van der Waals surface area contributed by atoms with Crippen LogP contribution >= 0.6 is 0 Å². The minimum atomic E-state index is 0.996. The van der Waals surface area contributed by atoms with Crippen LogP contribution in [0, 0.1) is 0 Å². The Morgan fingerprint density at radius 2 is 2.00 bits per heavy atom. The van der Waals surface area contributed by atoms with Gasteiger partial charge in [0.15, 0.2) is 0 Å². The van der Waals surface area contributed by atoms with Crippen LogP contribution in [0.1, 0.15) is 0 Å². The zero-order valence-electron chi connectivity index (χ0n) is 8.76. The van der Waals surface area contributed by atoms with Gasteiger partial charge in [-0.1, -0.05) is 0 Å². The van der Waals surface area contributed by atoms with Gasteiger partial charge in [0.25, 0.3) is 0 Å². The Morgan fingerprint density at radius 3 is 2.64 bits per heavy atom. The molecule has 0 bridgehead atoms. The molecule has 0 aromatic heterocycles. The third-order valence-electron chi connectivity index (χ3n) is 2.74. The first-order valence-corrected chi connectivity index (χ1v) is 5.18. The molecule has 2 rings (SSSR count). The van der Waals surface area contributed by atoms with Crippen molar-refractivity contribution in [1.82, 2.24) is 14.7 Å². The second-order valence-electron chi connectivity index (χ2n) is 3.98. The number of hydrogen-bond donors (Lipinski definition) is 0. The molecule has 2 aliphatic rings. The Labute approximate surface area is 85.5 Å². The zero-order valence-corrected chi connectivity index (χ0v) is 8.76. The molecule has 0 saturated carbocycles. The Kier molecular flexibility index (Phi) is 3.16. The van der Waals surface area contributed by atoms with E-state index in [2.05, 4.69) is 32.8 Å². The van der Waals surface area contributed by atoms with Crippen LogP contribution in [0.2, 0.25) is 0 Å². The van der Waals surface area contributed by atoms with E-state index < -0.39 is 0 Å². The molecular formula is C10H18N4. The number of aliphatic imine (C=N–C) groups is 1. The van der Waals surface area contributed by atoms with Crippen molar-refractivity contribution in [3.8, 4) is 0 Å². The summed E-state index contributed by atoms with van der Waals surface area (Å²) in [5.41, 5.74) is 0. The largest absolute Gasteiger partial charge is 0.346 e. The number of likely N-dealkylation sites (N-methyl/N-ethyl adjacent to an activating group) is 1. The molecule has 78 valence electrons. The van der Waals surface area contributed by atoms with Crippen molar-refractivity contribution in [2.75, 3.05) is 46.4 Å². The van der Waals surface area contributed by atoms with E-state index >= 15 is 0 Å². The van der Waals surface area contributed by atoms with Gasteiger partial charge in [0.1, 0.15) is 0 Å². The van der Waals surface area contributed by atoms with Crippen molar-refractivity contribution in [3.63, 3.8) is 0 Å². The average Bonchev–Trinajstić information content (AvgIpc) is 2.23. The molecule has 1 fully saturated rings. The van der Waals surface area contributed by atoms with Crippen LogP contribution in [-0.2, 0) is 0 Å². The SMILES string of the molecule is CN1CCN(CN2C=NC=CC2)CC1. The fourth-order valence-corrected chi connectivity index (χ4v) is 1.76. The van der Waals surface area contributed by atoms with Crippen molar-refractivity contribution in [3.05, 3.63) is 12.3 Å².